The van der Waals surface area contributed by atoms with Crippen LogP contribution in [0, 0.1) is 0 Å². The summed E-state index contributed by atoms with van der Waals surface area (Å²) in [5.41, 5.74) is 8.29. The fourth-order valence-corrected chi connectivity index (χ4v) is 3.04. The van der Waals surface area contributed by atoms with E-state index in [0.717, 1.165) is 19.4 Å². The first kappa shape index (κ1) is 10.7. The maximum absolute atomic E-state index is 4.71. The molecule has 1 aliphatic carbocycles. The Morgan fingerprint density at radius 2 is 1.68 bits per heavy atom. The van der Waals surface area contributed by atoms with Crippen molar-refractivity contribution in [2.75, 3.05) is 0 Å². The third-order valence-corrected chi connectivity index (χ3v) is 4.00. The van der Waals surface area contributed by atoms with Crippen LogP contribution in [0.3, 0.4) is 0 Å². The molecule has 0 saturated heterocycles. The molecule has 0 saturated carbocycles. The van der Waals surface area contributed by atoms with E-state index in [-0.39, 0.29) is 0 Å². The van der Waals surface area contributed by atoms with Gasteiger partial charge >= 0.3 is 0 Å². The van der Waals surface area contributed by atoms with Crippen LogP contribution in [0.25, 0.3) is 6.08 Å². The lowest BCUT2D eigenvalue weighted by atomic mass is 9.99. The number of benzene rings is 2. The molecule has 0 spiro atoms. The average molecular weight is 245 g/mol. The van der Waals surface area contributed by atoms with Gasteiger partial charge in [0, 0.05) is 17.7 Å². The molecule has 1 heterocycles. The van der Waals surface area contributed by atoms with Crippen molar-refractivity contribution in [2.45, 2.75) is 19.4 Å². The first-order chi connectivity index (χ1) is 9.40. The molecule has 2 aromatic rings. The minimum atomic E-state index is 0.853. The molecule has 2 aliphatic rings. The van der Waals surface area contributed by atoms with Crippen molar-refractivity contribution in [3.05, 3.63) is 76.4 Å². The zero-order valence-electron chi connectivity index (χ0n) is 10.8. The summed E-state index contributed by atoms with van der Waals surface area (Å²) in [4.78, 5) is 4.71. The van der Waals surface area contributed by atoms with Gasteiger partial charge in [0.25, 0.3) is 0 Å². The standard InChI is InChI=1S/C18H15N/c1-2-6-15-10-13(9-14(15)5-1)11-18-17-8-4-3-7-16(17)12-19-18/h1-9H,10-12H2. The summed E-state index contributed by atoms with van der Waals surface area (Å²) in [6.07, 6.45) is 4.40. The van der Waals surface area contributed by atoms with Gasteiger partial charge in [-0.05, 0) is 23.1 Å². The van der Waals surface area contributed by atoms with Crippen molar-refractivity contribution < 1.29 is 0 Å². The molecule has 0 amide bonds. The normalized spacial score (nSPS) is 15.8. The zero-order chi connectivity index (χ0) is 12.7. The van der Waals surface area contributed by atoms with Crippen LogP contribution in [0.15, 0.2) is 59.1 Å². The summed E-state index contributed by atoms with van der Waals surface area (Å²) >= 11 is 0. The monoisotopic (exact) mass is 245 g/mol. The van der Waals surface area contributed by atoms with E-state index in [4.69, 9.17) is 4.99 Å². The summed E-state index contributed by atoms with van der Waals surface area (Å²) in [7, 11) is 0. The molecule has 0 fully saturated rings. The van der Waals surface area contributed by atoms with Crippen LogP contribution in [0.5, 0.6) is 0 Å². The van der Waals surface area contributed by atoms with E-state index in [1.165, 1.54) is 33.5 Å². The van der Waals surface area contributed by atoms with Gasteiger partial charge in [-0.3, -0.25) is 4.99 Å². The van der Waals surface area contributed by atoms with Gasteiger partial charge in [-0.1, -0.05) is 60.2 Å². The van der Waals surface area contributed by atoms with Crippen molar-refractivity contribution in [1.29, 1.82) is 0 Å². The molecule has 0 radical (unpaired) electrons. The molecule has 0 bridgehead atoms. The van der Waals surface area contributed by atoms with E-state index in [9.17, 15) is 0 Å². The van der Waals surface area contributed by atoms with Gasteiger partial charge in [0.1, 0.15) is 0 Å². The summed E-state index contributed by atoms with van der Waals surface area (Å²) < 4.78 is 0. The molecule has 0 aromatic heterocycles. The Hall–Kier alpha value is -2.15. The third kappa shape index (κ3) is 1.82. The topological polar surface area (TPSA) is 12.4 Å². The van der Waals surface area contributed by atoms with E-state index < -0.39 is 0 Å². The van der Waals surface area contributed by atoms with Gasteiger partial charge in [-0.25, -0.2) is 0 Å². The van der Waals surface area contributed by atoms with Gasteiger partial charge in [-0.15, -0.1) is 0 Å². The molecular weight excluding hydrogens is 230 g/mol. The molecule has 1 nitrogen and oxygen atoms in total. The number of hydrogen-bond donors (Lipinski definition) is 0. The van der Waals surface area contributed by atoms with E-state index in [2.05, 4.69) is 54.6 Å². The van der Waals surface area contributed by atoms with Gasteiger partial charge in [0.15, 0.2) is 0 Å². The number of allylic oxidation sites excluding steroid dienone is 1. The Bertz CT molecular complexity index is 707. The highest BCUT2D eigenvalue weighted by Gasteiger charge is 2.19. The van der Waals surface area contributed by atoms with Crippen molar-refractivity contribution in [1.82, 2.24) is 0 Å². The van der Waals surface area contributed by atoms with Crippen molar-refractivity contribution in [2.24, 2.45) is 4.99 Å². The lowest BCUT2D eigenvalue weighted by Crippen LogP contribution is -2.00. The summed E-state index contributed by atoms with van der Waals surface area (Å²) in [6.45, 7) is 0.853. The number of aliphatic imine (C=N–C) groups is 1. The summed E-state index contributed by atoms with van der Waals surface area (Å²) in [5.74, 6) is 0. The maximum Gasteiger partial charge on any atom is 0.0649 e. The van der Waals surface area contributed by atoms with E-state index in [1.807, 2.05) is 0 Å². The minimum Gasteiger partial charge on any atom is -0.284 e. The van der Waals surface area contributed by atoms with Crippen LogP contribution in [-0.4, -0.2) is 5.71 Å². The summed E-state index contributed by atoms with van der Waals surface area (Å²) in [6, 6.07) is 17.3. The van der Waals surface area contributed by atoms with E-state index in [1.54, 1.807) is 0 Å². The average Bonchev–Trinajstić information content (AvgIpc) is 3.03. The molecule has 1 aliphatic heterocycles. The van der Waals surface area contributed by atoms with Crippen LogP contribution in [-0.2, 0) is 13.0 Å². The predicted octanol–water partition coefficient (Wildman–Crippen LogP) is 4.02. The Morgan fingerprint density at radius 3 is 2.58 bits per heavy atom. The molecule has 2 aromatic carbocycles. The lowest BCUT2D eigenvalue weighted by molar-refractivity contribution is 1.09. The molecule has 1 heteroatoms. The zero-order valence-corrected chi connectivity index (χ0v) is 10.8. The fraction of sp³-hybridized carbons (Fsp3) is 0.167. The molecular formula is C18H15N. The summed E-state index contributed by atoms with van der Waals surface area (Å²) in [5, 5.41) is 0. The highest BCUT2D eigenvalue weighted by Crippen LogP contribution is 2.29. The Balaban J connectivity index is 1.60. The lowest BCUT2D eigenvalue weighted by Gasteiger charge is -2.04. The smallest absolute Gasteiger partial charge is 0.0649 e. The van der Waals surface area contributed by atoms with E-state index >= 15 is 0 Å². The van der Waals surface area contributed by atoms with Gasteiger partial charge in [0.2, 0.25) is 0 Å². The first-order valence-corrected chi connectivity index (χ1v) is 6.79. The fourth-order valence-electron chi connectivity index (χ4n) is 3.04. The predicted molar refractivity (Wildman–Crippen MR) is 79.4 cm³/mol. The van der Waals surface area contributed by atoms with Crippen LogP contribution < -0.4 is 0 Å². The van der Waals surface area contributed by atoms with Crippen molar-refractivity contribution in [3.8, 4) is 0 Å². The molecule has 0 unspecified atom stereocenters. The van der Waals surface area contributed by atoms with Crippen molar-refractivity contribution in [3.63, 3.8) is 0 Å². The Kier molecular flexibility index (Phi) is 2.37. The van der Waals surface area contributed by atoms with Gasteiger partial charge < -0.3 is 0 Å². The second-order valence-electron chi connectivity index (χ2n) is 5.28. The number of rotatable bonds is 2. The number of fused-ring (bicyclic) bond motifs is 2. The van der Waals surface area contributed by atoms with Crippen LogP contribution in [0.1, 0.15) is 28.7 Å². The van der Waals surface area contributed by atoms with E-state index in [0.29, 0.717) is 0 Å². The van der Waals surface area contributed by atoms with Crippen LogP contribution in [0.2, 0.25) is 0 Å². The highest BCUT2D eigenvalue weighted by molar-refractivity contribution is 6.05. The maximum atomic E-state index is 4.71. The molecule has 0 N–H and O–H groups in total. The molecule has 4 rings (SSSR count). The van der Waals surface area contributed by atoms with Gasteiger partial charge in [-0.2, -0.15) is 0 Å². The van der Waals surface area contributed by atoms with Crippen LogP contribution >= 0.6 is 0 Å². The molecule has 19 heavy (non-hydrogen) atoms. The number of nitrogens with zero attached hydrogens (tertiary/aromatic N) is 1. The second-order valence-corrected chi connectivity index (χ2v) is 5.28. The molecule has 92 valence electrons. The highest BCUT2D eigenvalue weighted by atomic mass is 14.8. The van der Waals surface area contributed by atoms with Gasteiger partial charge in [0.05, 0.1) is 6.54 Å². The Labute approximate surface area is 113 Å². The minimum absolute atomic E-state index is 0.853. The first-order valence-electron chi connectivity index (χ1n) is 6.79. The largest absolute Gasteiger partial charge is 0.284 e. The number of hydrogen-bond acceptors (Lipinski definition) is 1. The SMILES string of the molecule is C1=C(CC2=NCc3ccccc32)Cc2ccccc21. The third-order valence-electron chi connectivity index (χ3n) is 4.00. The Morgan fingerprint density at radius 1 is 0.895 bits per heavy atom. The molecule has 0 atom stereocenters. The van der Waals surface area contributed by atoms with Crippen molar-refractivity contribution >= 4 is 11.8 Å². The second kappa shape index (κ2) is 4.20. The quantitative estimate of drug-likeness (QED) is 0.757. The van der Waals surface area contributed by atoms with Crippen LogP contribution in [0.4, 0.5) is 0 Å².